The van der Waals surface area contributed by atoms with Gasteiger partial charge in [-0.2, -0.15) is 0 Å². The third kappa shape index (κ3) is 7.82. The van der Waals surface area contributed by atoms with E-state index in [4.69, 9.17) is 4.74 Å². The molecule has 4 unspecified atom stereocenters. The lowest BCUT2D eigenvalue weighted by atomic mass is 9.64. The summed E-state index contributed by atoms with van der Waals surface area (Å²) in [5, 5.41) is 26.5. The molecule has 3 aliphatic carbocycles. The molecule has 0 radical (unpaired) electrons. The number of aryl methyl sites for hydroxylation is 1. The first-order valence-corrected chi connectivity index (χ1v) is 17.0. The number of methoxy groups -OCH3 is 1. The maximum atomic E-state index is 14.1. The number of hydrogen-bond donors (Lipinski definition) is 3. The fourth-order valence-corrected chi connectivity index (χ4v) is 8.01. The van der Waals surface area contributed by atoms with Gasteiger partial charge in [0.05, 0.1) is 23.1 Å². The van der Waals surface area contributed by atoms with Gasteiger partial charge in [0.25, 0.3) is 0 Å². The lowest BCUT2D eigenvalue weighted by Crippen LogP contribution is -2.56. The third-order valence-electron chi connectivity index (χ3n) is 9.81. The van der Waals surface area contributed by atoms with E-state index in [9.17, 15) is 19.8 Å². The number of aliphatic hydroxyl groups is 2. The number of benzene rings is 1. The number of fused-ring (bicyclic) bond motifs is 8. The van der Waals surface area contributed by atoms with Crippen LogP contribution in [-0.4, -0.2) is 71.5 Å². The number of nitrogens with zero attached hydrogens (tertiary/aromatic N) is 1. The second-order valence-corrected chi connectivity index (χ2v) is 14.8. The van der Waals surface area contributed by atoms with Gasteiger partial charge in [0.15, 0.2) is 0 Å². The molecular formula is C36H52N2O5S. The molecule has 3 N–H and O–H groups in total. The van der Waals surface area contributed by atoms with Gasteiger partial charge in [-0.1, -0.05) is 30.7 Å². The quantitative estimate of drug-likeness (QED) is 0.162. The van der Waals surface area contributed by atoms with Gasteiger partial charge in [0.2, 0.25) is 5.78 Å². The molecule has 1 aromatic heterocycles. The summed E-state index contributed by atoms with van der Waals surface area (Å²) in [6.07, 6.45) is 7.08. The number of carbonyl (C=O) groups is 2. The van der Waals surface area contributed by atoms with Gasteiger partial charge in [-0.3, -0.25) is 4.79 Å². The average Bonchev–Trinajstić information content (AvgIpc) is 3.51. The summed E-state index contributed by atoms with van der Waals surface area (Å²) in [6, 6.07) is 9.77. The van der Waals surface area contributed by atoms with Crippen LogP contribution in [0.3, 0.4) is 0 Å². The van der Waals surface area contributed by atoms with Gasteiger partial charge in [-0.05, 0) is 114 Å². The Bertz CT molecular complexity index is 1340. The molecule has 0 aliphatic heterocycles. The number of hydrogen-bond acceptors (Lipinski definition) is 6. The lowest BCUT2D eigenvalue weighted by molar-refractivity contribution is -0.0775. The molecule has 1 heterocycles. The zero-order valence-electron chi connectivity index (χ0n) is 27.4. The molecule has 2 aromatic rings. The van der Waals surface area contributed by atoms with Crippen molar-refractivity contribution in [3.8, 4) is 0 Å². The normalized spacial score (nSPS) is 25.8. The van der Waals surface area contributed by atoms with Crippen LogP contribution in [0.25, 0.3) is 0 Å². The van der Waals surface area contributed by atoms with E-state index in [2.05, 4.69) is 31.3 Å². The van der Waals surface area contributed by atoms with E-state index in [1.807, 2.05) is 45.0 Å². The summed E-state index contributed by atoms with van der Waals surface area (Å²) in [6.45, 7) is 11.4. The maximum Gasteiger partial charge on any atom is 0.317 e. The number of ketones is 1. The Hall–Kier alpha value is -2.52. The maximum absolute atomic E-state index is 14.1. The van der Waals surface area contributed by atoms with Crippen molar-refractivity contribution in [2.75, 3.05) is 26.8 Å². The monoisotopic (exact) mass is 624 g/mol. The molecular weight excluding hydrogens is 572 g/mol. The Labute approximate surface area is 267 Å². The third-order valence-corrected chi connectivity index (χ3v) is 10.8. The van der Waals surface area contributed by atoms with E-state index in [-0.39, 0.29) is 30.3 Å². The molecule has 1 fully saturated rings. The zero-order chi connectivity index (χ0) is 32.1. The van der Waals surface area contributed by atoms with Crippen molar-refractivity contribution >= 4 is 23.2 Å². The molecule has 242 valence electrons. The average molecular weight is 625 g/mol. The van der Waals surface area contributed by atoms with Crippen LogP contribution in [-0.2, 0) is 11.2 Å². The smallest absolute Gasteiger partial charge is 0.317 e. The van der Waals surface area contributed by atoms with Crippen LogP contribution >= 0.6 is 11.3 Å². The summed E-state index contributed by atoms with van der Waals surface area (Å²) in [7, 11) is 1.65. The summed E-state index contributed by atoms with van der Waals surface area (Å²) in [4.78, 5) is 31.0. The highest BCUT2D eigenvalue weighted by Gasteiger charge is 2.57. The van der Waals surface area contributed by atoms with Crippen molar-refractivity contribution in [3.05, 3.63) is 68.4 Å². The first-order valence-electron chi connectivity index (χ1n) is 16.2. The summed E-state index contributed by atoms with van der Waals surface area (Å²) in [5.74, 6) is -0.0929. The number of aliphatic hydroxyl groups excluding tert-OH is 1. The van der Waals surface area contributed by atoms with Crippen molar-refractivity contribution in [2.24, 2.45) is 5.41 Å². The standard InChI is InChI=1S/C36H52N2O5S/c1-24(2)37-34(41)38(19-8-20-43-6)23-36(42)18-16-31-29-14-12-27(22-30(29)33(40)32-15-11-26(4)44-32)21-28(39)13-10-25(3)9-7-17-35(31,36)5/h9,11-12,14-15,22,24,28,31,39,42H,7-8,10,13,16-21,23H2,1-6H3,(H,37,41). The fourth-order valence-electron chi connectivity index (χ4n) is 7.19. The molecule has 0 spiro atoms. The first-order chi connectivity index (χ1) is 20.9. The molecule has 44 heavy (non-hydrogen) atoms. The molecule has 4 atom stereocenters. The highest BCUT2D eigenvalue weighted by molar-refractivity contribution is 7.14. The van der Waals surface area contributed by atoms with Crippen molar-refractivity contribution < 1.29 is 24.5 Å². The minimum absolute atomic E-state index is 0.00688. The Morgan fingerprint density at radius 1 is 1.16 bits per heavy atom. The molecule has 0 saturated heterocycles. The summed E-state index contributed by atoms with van der Waals surface area (Å²) < 4.78 is 5.28. The second-order valence-electron chi connectivity index (χ2n) is 13.6. The van der Waals surface area contributed by atoms with Gasteiger partial charge in [-0.15, -0.1) is 11.3 Å². The second kappa shape index (κ2) is 14.7. The van der Waals surface area contributed by atoms with Crippen LogP contribution in [0.1, 0.15) is 110 Å². The predicted molar refractivity (Wildman–Crippen MR) is 178 cm³/mol. The number of carbonyl (C=O) groups excluding carboxylic acids is 2. The van der Waals surface area contributed by atoms with E-state index in [0.29, 0.717) is 62.1 Å². The number of rotatable bonds is 9. The fraction of sp³-hybridized carbons (Fsp3) is 0.611. The van der Waals surface area contributed by atoms with E-state index >= 15 is 0 Å². The molecule has 3 aliphatic rings. The molecule has 7 nitrogen and oxygen atoms in total. The minimum Gasteiger partial charge on any atom is -0.393 e. The van der Waals surface area contributed by atoms with Crippen LogP contribution in [0.15, 0.2) is 42.0 Å². The van der Waals surface area contributed by atoms with E-state index < -0.39 is 17.1 Å². The van der Waals surface area contributed by atoms with Crippen LogP contribution < -0.4 is 5.32 Å². The van der Waals surface area contributed by atoms with E-state index in [0.717, 1.165) is 28.8 Å². The highest BCUT2D eigenvalue weighted by atomic mass is 32.1. The van der Waals surface area contributed by atoms with Crippen LogP contribution in [0.4, 0.5) is 4.79 Å². The van der Waals surface area contributed by atoms with E-state index in [1.165, 1.54) is 16.9 Å². The Morgan fingerprint density at radius 3 is 2.61 bits per heavy atom. The predicted octanol–water partition coefficient (Wildman–Crippen LogP) is 6.78. The number of allylic oxidation sites excluding steroid dienone is 2. The van der Waals surface area contributed by atoms with Gasteiger partial charge in [0.1, 0.15) is 0 Å². The van der Waals surface area contributed by atoms with Crippen LogP contribution in [0.5, 0.6) is 0 Å². The topological polar surface area (TPSA) is 99.1 Å². The van der Waals surface area contributed by atoms with Crippen molar-refractivity contribution in [3.63, 3.8) is 0 Å². The van der Waals surface area contributed by atoms with Crippen molar-refractivity contribution in [1.29, 1.82) is 0 Å². The summed E-state index contributed by atoms with van der Waals surface area (Å²) in [5.41, 5.74) is 2.03. The number of urea groups is 1. The molecule has 1 aromatic carbocycles. The molecule has 8 heteroatoms. The van der Waals surface area contributed by atoms with Gasteiger partial charge in [-0.25, -0.2) is 4.79 Å². The lowest BCUT2D eigenvalue weighted by Gasteiger charge is -2.46. The van der Waals surface area contributed by atoms with Gasteiger partial charge in [0, 0.05) is 42.2 Å². The number of ether oxygens (including phenoxy) is 1. The Kier molecular flexibility index (Phi) is 11.5. The SMILES string of the molecule is COCCCN(CC1(O)CCC2c3ccc(cc3C(=O)c3ccc(C)s3)CC(O)CCC(C)=CCCC21C)C(=O)NC(C)C. The molecule has 5 rings (SSSR count). The van der Waals surface area contributed by atoms with Crippen molar-refractivity contribution in [1.82, 2.24) is 10.2 Å². The zero-order valence-corrected chi connectivity index (χ0v) is 28.3. The van der Waals surface area contributed by atoms with Crippen LogP contribution in [0, 0.1) is 12.3 Å². The van der Waals surface area contributed by atoms with Crippen LogP contribution in [0.2, 0.25) is 0 Å². The Balaban J connectivity index is 1.80. The van der Waals surface area contributed by atoms with E-state index in [1.54, 1.807) is 12.0 Å². The Morgan fingerprint density at radius 2 is 1.93 bits per heavy atom. The van der Waals surface area contributed by atoms with Gasteiger partial charge < -0.3 is 25.2 Å². The largest absolute Gasteiger partial charge is 0.393 e. The number of nitrogens with one attached hydrogen (secondary N) is 1. The number of thiophene rings is 1. The number of amides is 2. The van der Waals surface area contributed by atoms with Gasteiger partial charge >= 0.3 is 6.03 Å². The minimum atomic E-state index is -1.16. The summed E-state index contributed by atoms with van der Waals surface area (Å²) >= 11 is 1.50. The van der Waals surface area contributed by atoms with Crippen molar-refractivity contribution in [2.45, 2.75) is 110 Å². The highest BCUT2D eigenvalue weighted by Crippen LogP contribution is 2.59. The molecule has 2 bridgehead atoms. The first kappa shape index (κ1) is 34.4. The molecule has 2 amide bonds. The molecule has 1 saturated carbocycles.